The van der Waals surface area contributed by atoms with Crippen LogP contribution in [-0.2, 0) is 4.79 Å². The van der Waals surface area contributed by atoms with Gasteiger partial charge in [0.15, 0.2) is 0 Å². The van der Waals surface area contributed by atoms with Crippen molar-refractivity contribution >= 4 is 5.91 Å². The Kier molecular flexibility index (Phi) is 1.82. The first-order valence-electron chi connectivity index (χ1n) is 4.43. The highest BCUT2D eigenvalue weighted by molar-refractivity contribution is 5.76. The second kappa shape index (κ2) is 2.81. The monoisotopic (exact) mass is 154 g/mol. The Labute approximate surface area is 66.9 Å². The van der Waals surface area contributed by atoms with Gasteiger partial charge >= 0.3 is 0 Å². The summed E-state index contributed by atoms with van der Waals surface area (Å²) in [5.74, 6) is 0.330. The van der Waals surface area contributed by atoms with Crippen LogP contribution in [0.25, 0.3) is 0 Å². The molecule has 2 aliphatic rings. The molecule has 2 aliphatic heterocycles. The number of hydrogen-bond donors (Lipinski definition) is 0. The molecule has 0 N–H and O–H groups in total. The minimum Gasteiger partial charge on any atom is -0.275 e. The van der Waals surface area contributed by atoms with Crippen LogP contribution >= 0.6 is 0 Å². The molecular weight excluding hydrogens is 140 g/mol. The molecule has 3 heteroatoms. The molecule has 2 heterocycles. The normalized spacial score (nSPS) is 26.9. The second-order valence-corrected chi connectivity index (χ2v) is 3.28. The van der Waals surface area contributed by atoms with E-state index in [9.17, 15) is 4.79 Å². The van der Waals surface area contributed by atoms with Crippen molar-refractivity contribution in [1.82, 2.24) is 10.0 Å². The lowest BCUT2D eigenvalue weighted by Gasteiger charge is -2.42. The number of carbonyl (C=O) groups excluding carboxylic acids is 1. The average Bonchev–Trinajstić information content (AvgIpc) is 1.90. The number of hydrazine groups is 1. The van der Waals surface area contributed by atoms with Crippen LogP contribution in [0.5, 0.6) is 0 Å². The van der Waals surface area contributed by atoms with Crippen molar-refractivity contribution < 1.29 is 4.79 Å². The molecule has 0 saturated carbocycles. The molecule has 0 radical (unpaired) electrons. The second-order valence-electron chi connectivity index (χ2n) is 3.28. The SMILES string of the molecule is O=C1CCCCN1N1CCC1. The lowest BCUT2D eigenvalue weighted by molar-refractivity contribution is -0.160. The summed E-state index contributed by atoms with van der Waals surface area (Å²) in [4.78, 5) is 11.3. The van der Waals surface area contributed by atoms with E-state index < -0.39 is 0 Å². The molecule has 0 aliphatic carbocycles. The first-order chi connectivity index (χ1) is 5.38. The minimum atomic E-state index is 0.330. The molecular formula is C8H14N2O. The molecule has 0 spiro atoms. The van der Waals surface area contributed by atoms with Crippen LogP contribution in [-0.4, -0.2) is 35.6 Å². The van der Waals surface area contributed by atoms with Crippen LogP contribution in [0, 0.1) is 0 Å². The van der Waals surface area contributed by atoms with Crippen molar-refractivity contribution in [2.75, 3.05) is 19.6 Å². The first kappa shape index (κ1) is 7.10. The molecule has 11 heavy (non-hydrogen) atoms. The van der Waals surface area contributed by atoms with E-state index in [1.54, 1.807) is 0 Å². The van der Waals surface area contributed by atoms with Gasteiger partial charge in [-0.2, -0.15) is 0 Å². The lowest BCUT2D eigenvalue weighted by atomic mass is 10.1. The Morgan fingerprint density at radius 2 is 1.82 bits per heavy atom. The molecule has 0 bridgehead atoms. The van der Waals surface area contributed by atoms with E-state index in [1.807, 2.05) is 5.01 Å². The maximum absolute atomic E-state index is 11.3. The fourth-order valence-corrected chi connectivity index (χ4v) is 1.63. The van der Waals surface area contributed by atoms with Gasteiger partial charge in [-0.3, -0.25) is 9.80 Å². The average molecular weight is 154 g/mol. The van der Waals surface area contributed by atoms with Crippen molar-refractivity contribution in [3.8, 4) is 0 Å². The van der Waals surface area contributed by atoms with Gasteiger partial charge in [-0.05, 0) is 19.3 Å². The van der Waals surface area contributed by atoms with Crippen molar-refractivity contribution in [1.29, 1.82) is 0 Å². The summed E-state index contributed by atoms with van der Waals surface area (Å²) in [6, 6.07) is 0. The van der Waals surface area contributed by atoms with E-state index >= 15 is 0 Å². The fraction of sp³-hybridized carbons (Fsp3) is 0.875. The van der Waals surface area contributed by atoms with E-state index in [-0.39, 0.29) is 0 Å². The highest BCUT2D eigenvalue weighted by Gasteiger charge is 2.27. The van der Waals surface area contributed by atoms with Gasteiger partial charge in [-0.25, -0.2) is 5.01 Å². The summed E-state index contributed by atoms with van der Waals surface area (Å²) in [6.07, 6.45) is 4.28. The third kappa shape index (κ3) is 1.25. The summed E-state index contributed by atoms with van der Waals surface area (Å²) in [7, 11) is 0. The van der Waals surface area contributed by atoms with E-state index in [2.05, 4.69) is 5.01 Å². The highest BCUT2D eigenvalue weighted by atomic mass is 16.2. The van der Waals surface area contributed by atoms with Crippen molar-refractivity contribution in [2.45, 2.75) is 25.7 Å². The van der Waals surface area contributed by atoms with Gasteiger partial charge in [0, 0.05) is 26.1 Å². The molecule has 0 atom stereocenters. The van der Waals surface area contributed by atoms with Crippen molar-refractivity contribution in [3.63, 3.8) is 0 Å². The van der Waals surface area contributed by atoms with Gasteiger partial charge in [-0.15, -0.1) is 0 Å². The number of piperidine rings is 1. The topological polar surface area (TPSA) is 23.6 Å². The van der Waals surface area contributed by atoms with Gasteiger partial charge in [-0.1, -0.05) is 0 Å². The summed E-state index contributed by atoms with van der Waals surface area (Å²) in [6.45, 7) is 3.14. The molecule has 2 saturated heterocycles. The molecule has 62 valence electrons. The molecule has 3 nitrogen and oxygen atoms in total. The van der Waals surface area contributed by atoms with E-state index in [0.29, 0.717) is 5.91 Å². The van der Waals surface area contributed by atoms with Gasteiger partial charge in [0.1, 0.15) is 0 Å². The third-order valence-corrected chi connectivity index (χ3v) is 2.47. The maximum Gasteiger partial charge on any atom is 0.236 e. The number of nitrogens with zero attached hydrogens (tertiary/aromatic N) is 2. The molecule has 2 rings (SSSR count). The largest absolute Gasteiger partial charge is 0.275 e. The van der Waals surface area contributed by atoms with E-state index in [4.69, 9.17) is 0 Å². The molecule has 1 amide bonds. The Balaban J connectivity index is 1.93. The molecule has 0 aromatic rings. The Bertz CT molecular complexity index is 165. The molecule has 0 aromatic carbocycles. The van der Waals surface area contributed by atoms with Crippen LogP contribution < -0.4 is 0 Å². The Morgan fingerprint density at radius 1 is 1.00 bits per heavy atom. The standard InChI is InChI=1S/C8H14N2O/c11-8-4-1-2-7-10(8)9-5-3-6-9/h1-7H2. The molecule has 0 unspecified atom stereocenters. The fourth-order valence-electron chi connectivity index (χ4n) is 1.63. The summed E-state index contributed by atoms with van der Waals surface area (Å²) >= 11 is 0. The van der Waals surface area contributed by atoms with E-state index in [0.717, 1.165) is 32.5 Å². The molecule has 0 aromatic heterocycles. The van der Waals surface area contributed by atoms with Gasteiger partial charge in [0.05, 0.1) is 0 Å². The number of carbonyl (C=O) groups is 1. The summed E-state index contributed by atoms with van der Waals surface area (Å²) < 4.78 is 0. The van der Waals surface area contributed by atoms with E-state index in [1.165, 1.54) is 12.8 Å². The smallest absolute Gasteiger partial charge is 0.236 e. The Morgan fingerprint density at radius 3 is 2.36 bits per heavy atom. The minimum absolute atomic E-state index is 0.330. The quantitative estimate of drug-likeness (QED) is 0.552. The first-order valence-corrected chi connectivity index (χ1v) is 4.43. The van der Waals surface area contributed by atoms with Crippen LogP contribution in [0.2, 0.25) is 0 Å². The Hall–Kier alpha value is -0.570. The van der Waals surface area contributed by atoms with Crippen LogP contribution in [0.3, 0.4) is 0 Å². The van der Waals surface area contributed by atoms with Crippen LogP contribution in [0.15, 0.2) is 0 Å². The van der Waals surface area contributed by atoms with Crippen molar-refractivity contribution in [3.05, 3.63) is 0 Å². The number of amides is 1. The summed E-state index contributed by atoms with van der Waals surface area (Å²) in [5.41, 5.74) is 0. The lowest BCUT2D eigenvalue weighted by Crippen LogP contribution is -2.54. The summed E-state index contributed by atoms with van der Waals surface area (Å²) in [5, 5.41) is 4.11. The van der Waals surface area contributed by atoms with Crippen molar-refractivity contribution in [2.24, 2.45) is 0 Å². The van der Waals surface area contributed by atoms with Crippen LogP contribution in [0.4, 0.5) is 0 Å². The zero-order chi connectivity index (χ0) is 7.68. The predicted molar refractivity (Wildman–Crippen MR) is 41.8 cm³/mol. The van der Waals surface area contributed by atoms with Gasteiger partial charge in [0.25, 0.3) is 0 Å². The number of hydrogen-bond acceptors (Lipinski definition) is 2. The van der Waals surface area contributed by atoms with Gasteiger partial charge < -0.3 is 0 Å². The zero-order valence-electron chi connectivity index (χ0n) is 6.75. The van der Waals surface area contributed by atoms with Gasteiger partial charge in [0.2, 0.25) is 5.91 Å². The zero-order valence-corrected chi connectivity index (χ0v) is 6.75. The third-order valence-electron chi connectivity index (χ3n) is 2.47. The van der Waals surface area contributed by atoms with Crippen LogP contribution in [0.1, 0.15) is 25.7 Å². The maximum atomic E-state index is 11.3. The predicted octanol–water partition coefficient (Wildman–Crippen LogP) is 0.620. The highest BCUT2D eigenvalue weighted by Crippen LogP contribution is 2.17. The molecule has 2 fully saturated rings. The number of rotatable bonds is 1.